The molecular formula is C46H62F2N4O3SSi2. The molecule has 2 aliphatic heterocycles. The summed E-state index contributed by atoms with van der Waals surface area (Å²) in [5.41, 5.74) is 5.07. The normalized spacial score (nSPS) is 18.3. The fourth-order valence-electron chi connectivity index (χ4n) is 10.5. The number of aromatic nitrogens is 3. The molecule has 2 radical (unpaired) electrons. The highest BCUT2D eigenvalue weighted by Crippen LogP contribution is 2.50. The Kier molecular flexibility index (Phi) is 13.0. The molecule has 2 saturated heterocycles. The Hall–Kier alpha value is -3.25. The van der Waals surface area contributed by atoms with Crippen LogP contribution in [0.3, 0.4) is 0 Å². The van der Waals surface area contributed by atoms with Crippen LogP contribution < -0.4 is 9.33 Å². The van der Waals surface area contributed by atoms with Gasteiger partial charge in [-0.1, -0.05) is 95.1 Å². The van der Waals surface area contributed by atoms with Gasteiger partial charge in [0.1, 0.15) is 36.7 Å². The number of pyridine rings is 1. The van der Waals surface area contributed by atoms with Crippen LogP contribution in [-0.2, 0) is 15.5 Å². The molecule has 6 rings (SSSR count). The molecule has 0 bridgehead atoms. The van der Waals surface area contributed by atoms with Crippen molar-refractivity contribution in [3.8, 4) is 28.5 Å². The number of rotatable bonds is 12. The summed E-state index contributed by atoms with van der Waals surface area (Å²) >= 11 is 0. The molecular weight excluding hydrogens is 783 g/mol. The Labute approximate surface area is 351 Å². The molecule has 2 aliphatic rings. The fraction of sp³-hybridized carbons (Fsp3) is 0.587. The summed E-state index contributed by atoms with van der Waals surface area (Å²) in [6.07, 6.45) is 5.90. The number of anilines is 1. The molecule has 0 N–H and O–H groups in total. The van der Waals surface area contributed by atoms with Gasteiger partial charge in [-0.2, -0.15) is 0 Å². The molecule has 2 unspecified atom stereocenters. The number of halogens is 2. The minimum absolute atomic E-state index is 0.00205. The van der Waals surface area contributed by atoms with Crippen LogP contribution in [0.15, 0.2) is 35.6 Å². The van der Waals surface area contributed by atoms with E-state index in [1.165, 1.54) is 12.3 Å². The second kappa shape index (κ2) is 17.0. The topological polar surface area (TPSA) is 77.4 Å². The molecule has 7 nitrogen and oxygen atoms in total. The van der Waals surface area contributed by atoms with Gasteiger partial charge in [-0.05, 0) is 70.8 Å². The molecule has 0 amide bonds. The summed E-state index contributed by atoms with van der Waals surface area (Å²) in [4.78, 5) is 16.2. The van der Waals surface area contributed by atoms with E-state index in [4.69, 9.17) is 19.1 Å². The number of piperidine rings is 1. The Morgan fingerprint density at radius 2 is 1.59 bits per heavy atom. The maximum absolute atomic E-state index is 17.6. The van der Waals surface area contributed by atoms with E-state index < -0.39 is 30.5 Å². The van der Waals surface area contributed by atoms with E-state index >= 15 is 8.78 Å². The maximum atomic E-state index is 17.6. The predicted molar refractivity (Wildman–Crippen MR) is 239 cm³/mol. The predicted octanol–water partition coefficient (Wildman–Crippen LogP) is 11.3. The largest absolute Gasteiger partial charge is 0.540 e. The summed E-state index contributed by atoms with van der Waals surface area (Å²) in [6, 6.07) is 6.90. The lowest BCUT2D eigenvalue weighted by Gasteiger charge is -2.48. The molecule has 1 spiro atoms. The zero-order chi connectivity index (χ0) is 42.5. The summed E-state index contributed by atoms with van der Waals surface area (Å²) < 4.78 is 59.9. The molecule has 4 heterocycles. The first-order chi connectivity index (χ1) is 27.3. The van der Waals surface area contributed by atoms with Crippen LogP contribution in [0.5, 0.6) is 5.75 Å². The lowest BCUT2D eigenvalue weighted by Crippen LogP contribution is -2.56. The van der Waals surface area contributed by atoms with Gasteiger partial charge >= 0.3 is 9.76 Å². The molecule has 2 atom stereocenters. The van der Waals surface area contributed by atoms with Crippen LogP contribution >= 0.6 is 0 Å². The van der Waals surface area contributed by atoms with Crippen LogP contribution in [0.2, 0.25) is 21.7 Å². The zero-order valence-electron chi connectivity index (χ0n) is 36.8. The van der Waals surface area contributed by atoms with E-state index in [2.05, 4.69) is 104 Å². The van der Waals surface area contributed by atoms with Gasteiger partial charge in [0, 0.05) is 48.0 Å². The summed E-state index contributed by atoms with van der Waals surface area (Å²) in [5.74, 6) is 4.28. The van der Waals surface area contributed by atoms with Crippen molar-refractivity contribution < 1.29 is 22.2 Å². The Bertz CT molecular complexity index is 2220. The number of hydrogen-bond donors (Lipinski definition) is 0. The number of nitrogens with zero attached hydrogens (tertiary/aromatic N) is 4. The van der Waals surface area contributed by atoms with Crippen LogP contribution in [-0.4, -0.2) is 68.6 Å². The minimum atomic E-state index is -2.29. The van der Waals surface area contributed by atoms with Gasteiger partial charge < -0.3 is 14.1 Å². The lowest BCUT2D eigenvalue weighted by atomic mass is 9.76. The van der Waals surface area contributed by atoms with Crippen molar-refractivity contribution in [1.82, 2.24) is 15.0 Å². The van der Waals surface area contributed by atoms with Crippen molar-refractivity contribution in [2.24, 2.45) is 17.8 Å². The Morgan fingerprint density at radius 3 is 2.14 bits per heavy atom. The number of fused-ring (bicyclic) bond motifs is 2. The highest BCUT2D eigenvalue weighted by molar-refractivity contribution is 7.84. The highest BCUT2D eigenvalue weighted by Gasteiger charge is 2.45. The zero-order valence-corrected chi connectivity index (χ0v) is 39.6. The molecule has 58 heavy (non-hydrogen) atoms. The van der Waals surface area contributed by atoms with E-state index in [1.807, 2.05) is 6.07 Å². The van der Waals surface area contributed by atoms with Gasteiger partial charge in [-0.25, -0.2) is 18.7 Å². The second-order valence-corrected chi connectivity index (χ2v) is 26.6. The van der Waals surface area contributed by atoms with Crippen molar-refractivity contribution in [2.45, 2.75) is 135 Å². The Balaban J connectivity index is 1.63. The highest BCUT2D eigenvalue weighted by atomic mass is 32.2. The SMILES string of the molecule is CC(C)C([Si]Oc1cc(-c2ncc3c(N4CCCC5(CCO5)C4)nc(S(C)=O)nc3c2F)c2c(C#C[Si](C(C)C)(C(C)C)C(C)C)c(F)ccc2c1)(C(C)C)C(C)C. The second-order valence-electron chi connectivity index (χ2n) is 18.5. The quantitative estimate of drug-likeness (QED) is 0.0798. The third-order valence-electron chi connectivity index (χ3n) is 13.5. The van der Waals surface area contributed by atoms with Gasteiger partial charge in [0.25, 0.3) is 0 Å². The molecule has 4 aromatic rings. The van der Waals surface area contributed by atoms with Gasteiger partial charge in [-0.3, -0.25) is 9.19 Å². The molecule has 2 aromatic heterocycles. The van der Waals surface area contributed by atoms with Gasteiger partial charge in [0.15, 0.2) is 5.82 Å². The minimum Gasteiger partial charge on any atom is -0.540 e. The van der Waals surface area contributed by atoms with Crippen molar-refractivity contribution in [2.75, 3.05) is 30.9 Å². The average molecular weight is 845 g/mol. The molecule has 2 fully saturated rings. The fourth-order valence-corrected chi connectivity index (χ4v) is 17.2. The van der Waals surface area contributed by atoms with Crippen LogP contribution in [0.4, 0.5) is 14.6 Å². The summed E-state index contributed by atoms with van der Waals surface area (Å²) in [5, 5.41) is 1.50. The molecule has 12 heteroatoms. The first-order valence-electron chi connectivity index (χ1n) is 21.1. The standard InChI is InChI=1S/C46H62F2N4O3SSi2/c1-27(2)46(28(3)4,29(5)6)57-55-34-23-33-15-16-38(47)35(17-22-58(30(7)8,31(9)10)32(11)12)39(33)36(24-34)41-40(48)42-37(25-49-41)43(51-44(50-42)56(13)53)52-20-14-18-45(26-52)19-21-54-45/h15-16,23-25,27-32H,14,18-21,26H2,1-13H3. The monoisotopic (exact) mass is 844 g/mol. The lowest BCUT2D eigenvalue weighted by molar-refractivity contribution is -0.151. The number of benzene rings is 2. The number of ether oxygens (including phenoxy) is 1. The van der Waals surface area contributed by atoms with Crippen molar-refractivity contribution in [3.05, 3.63) is 47.7 Å². The van der Waals surface area contributed by atoms with Crippen molar-refractivity contribution >= 4 is 56.1 Å². The molecule has 2 aromatic carbocycles. The van der Waals surface area contributed by atoms with Crippen molar-refractivity contribution in [1.29, 1.82) is 0 Å². The van der Waals surface area contributed by atoms with Crippen molar-refractivity contribution in [3.63, 3.8) is 0 Å². The van der Waals surface area contributed by atoms with Gasteiger partial charge in [0.05, 0.1) is 34.0 Å². The first-order valence-corrected chi connectivity index (χ1v) is 25.8. The smallest absolute Gasteiger partial charge is 0.318 e. The van der Waals surface area contributed by atoms with Crippen LogP contribution in [0.1, 0.15) is 108 Å². The molecule has 0 aliphatic carbocycles. The van der Waals surface area contributed by atoms with E-state index in [-0.39, 0.29) is 42.3 Å². The van der Waals surface area contributed by atoms with Crippen LogP contribution in [0, 0.1) is 40.9 Å². The van der Waals surface area contributed by atoms with E-state index in [0.717, 1.165) is 25.9 Å². The third kappa shape index (κ3) is 7.78. The average Bonchev–Trinajstić information content (AvgIpc) is 3.14. The van der Waals surface area contributed by atoms with Gasteiger partial charge in [-0.15, -0.1) is 5.54 Å². The van der Waals surface area contributed by atoms with E-state index in [1.54, 1.807) is 18.3 Å². The van der Waals surface area contributed by atoms with E-state index in [0.29, 0.717) is 80.8 Å². The summed E-state index contributed by atoms with van der Waals surface area (Å²) in [7, 11) is -3.77. The van der Waals surface area contributed by atoms with Gasteiger partial charge in [0.2, 0.25) is 5.16 Å². The molecule has 312 valence electrons. The first kappa shape index (κ1) is 44.3. The summed E-state index contributed by atoms with van der Waals surface area (Å²) in [6.45, 7) is 28.9. The maximum Gasteiger partial charge on any atom is 0.318 e. The Morgan fingerprint density at radius 1 is 0.948 bits per heavy atom. The third-order valence-corrected chi connectivity index (χ3v) is 22.9. The van der Waals surface area contributed by atoms with Crippen LogP contribution in [0.25, 0.3) is 32.9 Å². The van der Waals surface area contributed by atoms with E-state index in [9.17, 15) is 4.21 Å². The molecule has 0 saturated carbocycles. The number of hydrogen-bond acceptors (Lipinski definition) is 7.